The van der Waals surface area contributed by atoms with E-state index in [0.29, 0.717) is 32.4 Å². The van der Waals surface area contributed by atoms with Crippen LogP contribution < -0.4 is 10.6 Å². The molecule has 7 nitrogen and oxygen atoms in total. The van der Waals surface area contributed by atoms with Crippen LogP contribution in [-0.4, -0.2) is 26.3 Å². The molecular weight excluding hydrogens is 464 g/mol. The van der Waals surface area contributed by atoms with Crippen LogP contribution >= 0.6 is 34.4 Å². The van der Waals surface area contributed by atoms with E-state index in [-0.39, 0.29) is 5.91 Å². The first-order chi connectivity index (χ1) is 15.0. The van der Waals surface area contributed by atoms with E-state index in [0.717, 1.165) is 17.9 Å². The van der Waals surface area contributed by atoms with Crippen LogP contribution in [0.2, 0.25) is 0 Å². The quantitative estimate of drug-likeness (QED) is 0.333. The Bertz CT molecular complexity index is 1180. The fraction of sp³-hybridized carbons (Fsp3) is 0.158. The standard InChI is InChI=1S/C19H15F2N5O2S3/c1-10(30-19-26-25-17(31-19)22-8-12-3-2-6-28-12)16(27)24-18-23-15(9-29-18)11-4-5-13(20)14(21)7-11/h2-7,9-10H,8H2,1H3,(H,22,25)(H,23,24,27). The predicted molar refractivity (Wildman–Crippen MR) is 117 cm³/mol. The number of benzene rings is 1. The number of halogens is 2. The largest absolute Gasteiger partial charge is 0.467 e. The molecule has 1 amide bonds. The van der Waals surface area contributed by atoms with E-state index in [9.17, 15) is 13.6 Å². The van der Waals surface area contributed by atoms with Gasteiger partial charge < -0.3 is 15.1 Å². The first kappa shape index (κ1) is 21.4. The van der Waals surface area contributed by atoms with Crippen LogP contribution in [0.1, 0.15) is 12.7 Å². The molecule has 3 aromatic heterocycles. The van der Waals surface area contributed by atoms with Gasteiger partial charge in [0.05, 0.1) is 23.8 Å². The summed E-state index contributed by atoms with van der Waals surface area (Å²) in [7, 11) is 0. The zero-order valence-corrected chi connectivity index (χ0v) is 18.4. The number of carbonyl (C=O) groups excluding carboxylic acids is 1. The van der Waals surface area contributed by atoms with Gasteiger partial charge in [-0.3, -0.25) is 4.79 Å². The van der Waals surface area contributed by atoms with Crippen molar-refractivity contribution in [3.05, 3.63) is 59.4 Å². The van der Waals surface area contributed by atoms with Gasteiger partial charge in [-0.25, -0.2) is 13.8 Å². The van der Waals surface area contributed by atoms with Gasteiger partial charge >= 0.3 is 0 Å². The summed E-state index contributed by atoms with van der Waals surface area (Å²) >= 11 is 3.82. The Labute approximate surface area is 187 Å². The van der Waals surface area contributed by atoms with E-state index in [1.165, 1.54) is 40.5 Å². The molecule has 31 heavy (non-hydrogen) atoms. The van der Waals surface area contributed by atoms with Gasteiger partial charge in [0.2, 0.25) is 11.0 Å². The number of hydrogen-bond acceptors (Lipinski definition) is 9. The summed E-state index contributed by atoms with van der Waals surface area (Å²) < 4.78 is 32.4. The molecule has 4 aromatic rings. The number of anilines is 2. The fourth-order valence-electron chi connectivity index (χ4n) is 2.44. The zero-order valence-electron chi connectivity index (χ0n) is 16.0. The van der Waals surface area contributed by atoms with Crippen LogP contribution in [0.15, 0.2) is 50.7 Å². The Morgan fingerprint density at radius 2 is 2.10 bits per heavy atom. The minimum absolute atomic E-state index is 0.253. The van der Waals surface area contributed by atoms with Gasteiger partial charge in [0, 0.05) is 10.9 Å². The first-order valence-corrected chi connectivity index (χ1v) is 11.5. The third-order valence-electron chi connectivity index (χ3n) is 4.00. The van der Waals surface area contributed by atoms with Crippen molar-refractivity contribution in [1.82, 2.24) is 15.2 Å². The third-order valence-corrected chi connectivity index (χ3v) is 6.82. The normalized spacial score (nSPS) is 12.0. The van der Waals surface area contributed by atoms with Crippen molar-refractivity contribution in [2.24, 2.45) is 0 Å². The lowest BCUT2D eigenvalue weighted by Gasteiger charge is -2.07. The Morgan fingerprint density at radius 1 is 1.23 bits per heavy atom. The van der Waals surface area contributed by atoms with Gasteiger partial charge in [0.25, 0.3) is 0 Å². The highest BCUT2D eigenvalue weighted by Crippen LogP contribution is 2.31. The molecule has 0 aliphatic rings. The Morgan fingerprint density at radius 3 is 2.87 bits per heavy atom. The third kappa shape index (κ3) is 5.46. The molecule has 160 valence electrons. The molecule has 1 unspecified atom stereocenters. The summed E-state index contributed by atoms with van der Waals surface area (Å²) in [5.74, 6) is -1.34. The monoisotopic (exact) mass is 479 g/mol. The topological polar surface area (TPSA) is 92.9 Å². The van der Waals surface area contributed by atoms with Crippen molar-refractivity contribution < 1.29 is 18.0 Å². The lowest BCUT2D eigenvalue weighted by atomic mass is 10.2. The Kier molecular flexibility index (Phi) is 6.59. The van der Waals surface area contributed by atoms with Gasteiger partial charge in [-0.1, -0.05) is 23.1 Å². The van der Waals surface area contributed by atoms with Crippen molar-refractivity contribution in [1.29, 1.82) is 0 Å². The summed E-state index contributed by atoms with van der Waals surface area (Å²) in [6, 6.07) is 7.21. The molecule has 0 fully saturated rings. The van der Waals surface area contributed by atoms with Crippen LogP contribution in [-0.2, 0) is 11.3 Å². The summed E-state index contributed by atoms with van der Waals surface area (Å²) in [5, 5.41) is 16.2. The summed E-state index contributed by atoms with van der Waals surface area (Å²) in [4.78, 5) is 16.8. The molecule has 3 heterocycles. The number of rotatable bonds is 8. The molecular formula is C19H15F2N5O2S3. The van der Waals surface area contributed by atoms with Crippen molar-refractivity contribution in [3.63, 3.8) is 0 Å². The van der Waals surface area contributed by atoms with Gasteiger partial charge in [-0.15, -0.1) is 21.5 Å². The molecule has 4 rings (SSSR count). The maximum Gasteiger partial charge on any atom is 0.239 e. The van der Waals surface area contributed by atoms with Crippen LogP contribution in [0.5, 0.6) is 0 Å². The van der Waals surface area contributed by atoms with E-state index in [1.54, 1.807) is 18.6 Å². The van der Waals surface area contributed by atoms with Crippen LogP contribution in [0, 0.1) is 11.6 Å². The number of amides is 1. The second-order valence-electron chi connectivity index (χ2n) is 6.22. The number of hydrogen-bond donors (Lipinski definition) is 2. The molecule has 0 spiro atoms. The van der Waals surface area contributed by atoms with E-state index in [1.807, 2.05) is 12.1 Å². The van der Waals surface area contributed by atoms with Gasteiger partial charge in [0.1, 0.15) is 5.76 Å². The van der Waals surface area contributed by atoms with E-state index in [2.05, 4.69) is 25.8 Å². The van der Waals surface area contributed by atoms with Crippen molar-refractivity contribution in [2.45, 2.75) is 23.1 Å². The van der Waals surface area contributed by atoms with Gasteiger partial charge in [-0.2, -0.15) is 0 Å². The van der Waals surface area contributed by atoms with Crippen LogP contribution in [0.4, 0.5) is 19.0 Å². The molecule has 0 aliphatic heterocycles. The smallest absolute Gasteiger partial charge is 0.239 e. The molecule has 2 N–H and O–H groups in total. The molecule has 0 saturated carbocycles. The molecule has 1 atom stereocenters. The summed E-state index contributed by atoms with van der Waals surface area (Å²) in [5.41, 5.74) is 0.886. The van der Waals surface area contributed by atoms with Crippen molar-refractivity contribution in [2.75, 3.05) is 10.6 Å². The number of thioether (sulfide) groups is 1. The summed E-state index contributed by atoms with van der Waals surface area (Å²) in [6.45, 7) is 2.24. The average molecular weight is 480 g/mol. The predicted octanol–water partition coefficient (Wildman–Crippen LogP) is 5.26. The molecule has 0 bridgehead atoms. The molecule has 0 radical (unpaired) electrons. The maximum absolute atomic E-state index is 13.4. The second-order valence-corrected chi connectivity index (χ2v) is 9.65. The lowest BCUT2D eigenvalue weighted by Crippen LogP contribution is -2.22. The number of carbonyl (C=O) groups is 1. The second kappa shape index (κ2) is 9.54. The van der Waals surface area contributed by atoms with E-state index in [4.69, 9.17) is 4.42 Å². The number of nitrogens with one attached hydrogen (secondary N) is 2. The highest BCUT2D eigenvalue weighted by molar-refractivity contribution is 8.02. The van der Waals surface area contributed by atoms with Gasteiger partial charge in [-0.05, 0) is 37.3 Å². The van der Waals surface area contributed by atoms with E-state index >= 15 is 0 Å². The summed E-state index contributed by atoms with van der Waals surface area (Å²) in [6.07, 6.45) is 1.60. The van der Waals surface area contributed by atoms with Crippen LogP contribution in [0.25, 0.3) is 11.3 Å². The van der Waals surface area contributed by atoms with Crippen molar-refractivity contribution >= 4 is 50.6 Å². The highest BCUT2D eigenvalue weighted by atomic mass is 32.2. The number of nitrogens with zero attached hydrogens (tertiary/aromatic N) is 3. The Balaban J connectivity index is 1.32. The average Bonchev–Trinajstić information content (AvgIpc) is 3.50. The molecule has 12 heteroatoms. The van der Waals surface area contributed by atoms with Crippen LogP contribution in [0.3, 0.4) is 0 Å². The maximum atomic E-state index is 13.4. The molecule has 0 aliphatic carbocycles. The fourth-order valence-corrected chi connectivity index (χ4v) is 5.05. The van der Waals surface area contributed by atoms with Gasteiger partial charge in [0.15, 0.2) is 21.1 Å². The minimum Gasteiger partial charge on any atom is -0.467 e. The number of aromatic nitrogens is 3. The Hall–Kier alpha value is -2.83. The zero-order chi connectivity index (χ0) is 21.8. The molecule has 0 saturated heterocycles. The number of furan rings is 1. The minimum atomic E-state index is -0.948. The SMILES string of the molecule is CC(Sc1nnc(NCc2ccco2)s1)C(=O)Nc1nc(-c2ccc(F)c(F)c2)cs1. The number of thiazole rings is 1. The molecule has 1 aromatic carbocycles. The highest BCUT2D eigenvalue weighted by Gasteiger charge is 2.19. The first-order valence-electron chi connectivity index (χ1n) is 8.96. The van der Waals surface area contributed by atoms with Crippen molar-refractivity contribution in [3.8, 4) is 11.3 Å². The lowest BCUT2D eigenvalue weighted by molar-refractivity contribution is -0.115. The van der Waals surface area contributed by atoms with E-state index < -0.39 is 16.9 Å².